The third kappa shape index (κ3) is 2.03. The van der Waals surface area contributed by atoms with E-state index in [0.29, 0.717) is 16.8 Å². The third-order valence-corrected chi connectivity index (χ3v) is 2.92. The van der Waals surface area contributed by atoms with Gasteiger partial charge < -0.3 is 4.74 Å². The van der Waals surface area contributed by atoms with Crippen LogP contribution in [0.4, 0.5) is 5.69 Å². The number of benzene rings is 1. The van der Waals surface area contributed by atoms with E-state index in [1.165, 1.54) is 27.2 Å². The van der Waals surface area contributed by atoms with Gasteiger partial charge in [-0.25, -0.2) is 4.90 Å². The molecule has 0 fully saturated rings. The average molecular weight is 259 g/mol. The zero-order chi connectivity index (χ0) is 14.2. The fraction of sp³-hybridized carbons (Fsp3) is 0.214. The monoisotopic (exact) mass is 259 g/mol. The summed E-state index contributed by atoms with van der Waals surface area (Å²) in [6, 6.07) is 4.80. The predicted octanol–water partition coefficient (Wildman–Crippen LogP) is 1.77. The second-order valence-corrected chi connectivity index (χ2v) is 4.21. The molecule has 0 aliphatic carbocycles. The number of nitrogens with zero attached hydrogens (tertiary/aromatic N) is 1. The van der Waals surface area contributed by atoms with Gasteiger partial charge in [0, 0.05) is 18.1 Å². The number of rotatable bonds is 2. The molecule has 1 heterocycles. The summed E-state index contributed by atoms with van der Waals surface area (Å²) >= 11 is 0. The summed E-state index contributed by atoms with van der Waals surface area (Å²) in [7, 11) is 1.42. The van der Waals surface area contributed by atoms with E-state index in [0.717, 1.165) is 4.90 Å². The molecule has 1 aliphatic heterocycles. The first-order valence-corrected chi connectivity index (χ1v) is 5.70. The molecule has 0 bridgehead atoms. The smallest absolute Gasteiger partial charge is 0.268 e. The number of ether oxygens (including phenoxy) is 1. The first-order chi connectivity index (χ1) is 8.97. The number of carbonyl (C=O) groups excluding carboxylic acids is 3. The lowest BCUT2D eigenvalue weighted by Gasteiger charge is -2.11. The summed E-state index contributed by atoms with van der Waals surface area (Å²) < 4.78 is 4.88. The van der Waals surface area contributed by atoms with E-state index >= 15 is 0 Å². The SMILES string of the molecule is COC=C1C(=O)N(C(C)=O)c2ccc(C(C)=O)cc21. The molecule has 0 saturated carbocycles. The van der Waals surface area contributed by atoms with Crippen molar-refractivity contribution in [2.75, 3.05) is 12.0 Å². The summed E-state index contributed by atoms with van der Waals surface area (Å²) in [5.74, 6) is -0.917. The summed E-state index contributed by atoms with van der Waals surface area (Å²) in [6.07, 6.45) is 1.29. The Hall–Kier alpha value is -2.43. The van der Waals surface area contributed by atoms with Gasteiger partial charge in [0.25, 0.3) is 5.91 Å². The van der Waals surface area contributed by atoms with E-state index < -0.39 is 5.91 Å². The minimum atomic E-state index is -0.440. The maximum absolute atomic E-state index is 12.1. The van der Waals surface area contributed by atoms with E-state index in [9.17, 15) is 14.4 Å². The largest absolute Gasteiger partial charge is 0.504 e. The van der Waals surface area contributed by atoms with E-state index in [1.54, 1.807) is 18.2 Å². The Morgan fingerprint density at radius 3 is 2.47 bits per heavy atom. The molecule has 0 saturated heterocycles. The van der Waals surface area contributed by atoms with E-state index in [1.807, 2.05) is 0 Å². The number of methoxy groups -OCH3 is 1. The minimum Gasteiger partial charge on any atom is -0.504 e. The van der Waals surface area contributed by atoms with Gasteiger partial charge in [-0.3, -0.25) is 14.4 Å². The molecule has 0 unspecified atom stereocenters. The summed E-state index contributed by atoms with van der Waals surface area (Å²) in [5, 5.41) is 0. The van der Waals surface area contributed by atoms with Crippen LogP contribution in [0.5, 0.6) is 0 Å². The predicted molar refractivity (Wildman–Crippen MR) is 69.6 cm³/mol. The summed E-state index contributed by atoms with van der Waals surface area (Å²) in [4.78, 5) is 36.2. The van der Waals surface area contributed by atoms with Crippen LogP contribution in [0.25, 0.3) is 5.57 Å². The molecule has 98 valence electrons. The van der Waals surface area contributed by atoms with Gasteiger partial charge in [-0.15, -0.1) is 0 Å². The number of hydrogen-bond donors (Lipinski definition) is 0. The molecular formula is C14H13NO4. The second-order valence-electron chi connectivity index (χ2n) is 4.21. The highest BCUT2D eigenvalue weighted by molar-refractivity contribution is 6.39. The first-order valence-electron chi connectivity index (χ1n) is 5.70. The van der Waals surface area contributed by atoms with Crippen LogP contribution >= 0.6 is 0 Å². The van der Waals surface area contributed by atoms with Crippen LogP contribution in [-0.2, 0) is 14.3 Å². The van der Waals surface area contributed by atoms with Gasteiger partial charge in [0.2, 0.25) is 5.91 Å². The molecule has 1 aromatic rings. The summed E-state index contributed by atoms with van der Waals surface area (Å²) in [5.41, 5.74) is 1.77. The van der Waals surface area contributed by atoms with Crippen molar-refractivity contribution in [2.24, 2.45) is 0 Å². The molecular weight excluding hydrogens is 246 g/mol. The van der Waals surface area contributed by atoms with Crippen molar-refractivity contribution in [3.8, 4) is 0 Å². The van der Waals surface area contributed by atoms with Crippen LogP contribution in [0.15, 0.2) is 24.5 Å². The number of fused-ring (bicyclic) bond motifs is 1. The van der Waals surface area contributed by atoms with Crippen molar-refractivity contribution in [1.29, 1.82) is 0 Å². The third-order valence-electron chi connectivity index (χ3n) is 2.92. The van der Waals surface area contributed by atoms with Gasteiger partial charge in [-0.1, -0.05) is 0 Å². The van der Waals surface area contributed by atoms with Crippen molar-refractivity contribution < 1.29 is 19.1 Å². The maximum atomic E-state index is 12.1. The van der Waals surface area contributed by atoms with Crippen LogP contribution in [0.1, 0.15) is 29.8 Å². The normalized spacial score (nSPS) is 15.6. The average Bonchev–Trinajstić information content (AvgIpc) is 2.62. The molecule has 1 aliphatic rings. The zero-order valence-electron chi connectivity index (χ0n) is 10.9. The van der Waals surface area contributed by atoms with Gasteiger partial charge in [0.15, 0.2) is 5.78 Å². The van der Waals surface area contributed by atoms with Crippen molar-refractivity contribution in [3.63, 3.8) is 0 Å². The number of imide groups is 1. The number of carbonyl (C=O) groups is 3. The summed E-state index contributed by atoms with van der Waals surface area (Å²) in [6.45, 7) is 2.76. The molecule has 0 spiro atoms. The Morgan fingerprint density at radius 2 is 1.95 bits per heavy atom. The Labute approximate surface area is 110 Å². The molecule has 2 amide bonds. The molecule has 5 heteroatoms. The van der Waals surface area contributed by atoms with E-state index in [4.69, 9.17) is 4.74 Å². The molecule has 19 heavy (non-hydrogen) atoms. The maximum Gasteiger partial charge on any atom is 0.268 e. The zero-order valence-corrected chi connectivity index (χ0v) is 10.9. The first kappa shape index (κ1) is 13.0. The number of amides is 2. The highest BCUT2D eigenvalue weighted by Gasteiger charge is 2.35. The lowest BCUT2D eigenvalue weighted by atomic mass is 10.0. The molecule has 0 radical (unpaired) electrons. The van der Waals surface area contributed by atoms with E-state index in [2.05, 4.69) is 0 Å². The standard InChI is InChI=1S/C14H13NO4/c1-8(16)10-4-5-13-11(6-10)12(7-19-3)14(18)15(13)9(2)17/h4-7H,1-3H3. The van der Waals surface area contributed by atoms with Crippen LogP contribution in [0, 0.1) is 0 Å². The van der Waals surface area contributed by atoms with Gasteiger partial charge in [0.1, 0.15) is 0 Å². The minimum absolute atomic E-state index is 0.103. The molecule has 0 N–H and O–H groups in total. The molecule has 0 aromatic heterocycles. The Balaban J connectivity index is 2.66. The Kier molecular flexibility index (Phi) is 3.21. The van der Waals surface area contributed by atoms with Crippen molar-refractivity contribution in [1.82, 2.24) is 0 Å². The van der Waals surface area contributed by atoms with Crippen LogP contribution in [0.2, 0.25) is 0 Å². The fourth-order valence-corrected chi connectivity index (χ4v) is 2.06. The molecule has 5 nitrogen and oxygen atoms in total. The van der Waals surface area contributed by atoms with E-state index in [-0.39, 0.29) is 17.3 Å². The number of ketones is 1. The van der Waals surface area contributed by atoms with Crippen LogP contribution < -0.4 is 4.90 Å². The van der Waals surface area contributed by atoms with Crippen LogP contribution in [-0.4, -0.2) is 24.7 Å². The highest BCUT2D eigenvalue weighted by Crippen LogP contribution is 2.37. The lowest BCUT2D eigenvalue weighted by Crippen LogP contribution is -2.31. The fourth-order valence-electron chi connectivity index (χ4n) is 2.06. The van der Waals surface area contributed by atoms with Gasteiger partial charge in [-0.2, -0.15) is 0 Å². The number of hydrogen-bond acceptors (Lipinski definition) is 4. The van der Waals surface area contributed by atoms with Crippen molar-refractivity contribution in [3.05, 3.63) is 35.6 Å². The Morgan fingerprint density at radius 1 is 1.26 bits per heavy atom. The Bertz CT molecular complexity index is 616. The highest BCUT2D eigenvalue weighted by atomic mass is 16.5. The van der Waals surface area contributed by atoms with Crippen molar-refractivity contribution in [2.45, 2.75) is 13.8 Å². The molecule has 2 rings (SSSR count). The number of anilines is 1. The van der Waals surface area contributed by atoms with Crippen molar-refractivity contribution >= 4 is 28.9 Å². The van der Waals surface area contributed by atoms with Gasteiger partial charge in [0.05, 0.1) is 24.6 Å². The quantitative estimate of drug-likeness (QED) is 0.461. The number of Topliss-reactive ketones (excluding diaryl/α,β-unsaturated/α-hetero) is 1. The van der Waals surface area contributed by atoms with Crippen LogP contribution in [0.3, 0.4) is 0 Å². The van der Waals surface area contributed by atoms with Gasteiger partial charge in [-0.05, 0) is 25.1 Å². The molecule has 0 atom stereocenters. The van der Waals surface area contributed by atoms with Gasteiger partial charge >= 0.3 is 0 Å². The molecule has 1 aromatic carbocycles. The topological polar surface area (TPSA) is 63.7 Å². The second kappa shape index (κ2) is 4.68. The lowest BCUT2D eigenvalue weighted by molar-refractivity contribution is -0.122.